The predicted octanol–water partition coefficient (Wildman–Crippen LogP) is 6.55. The van der Waals surface area contributed by atoms with Gasteiger partial charge in [-0.3, -0.25) is 0 Å². The molecular formula is C28H16F6N6. The van der Waals surface area contributed by atoms with E-state index in [4.69, 9.17) is 5.41 Å². The Bertz CT molecular complexity index is 1810. The van der Waals surface area contributed by atoms with Gasteiger partial charge in [-0.1, -0.05) is 0 Å². The summed E-state index contributed by atoms with van der Waals surface area (Å²) in [6.45, 7) is 0. The SMILES string of the molecule is CN1/C(=C\C(=N)c2cc(F)cc(F)c2)n2nc(-c3cc(F)cc(F)c3)cc2-n2nc(-c3cc(F)cc(F)c3)cc21. The Balaban J connectivity index is 1.54. The van der Waals surface area contributed by atoms with Crippen molar-refractivity contribution in [3.63, 3.8) is 0 Å². The maximum atomic E-state index is 14.0. The van der Waals surface area contributed by atoms with Gasteiger partial charge in [0.1, 0.15) is 46.5 Å². The van der Waals surface area contributed by atoms with Crippen molar-refractivity contribution < 1.29 is 26.3 Å². The topological polar surface area (TPSA) is 62.7 Å². The minimum absolute atomic E-state index is 0.0467. The fourth-order valence-electron chi connectivity index (χ4n) is 4.49. The van der Waals surface area contributed by atoms with E-state index in [1.165, 1.54) is 21.5 Å². The van der Waals surface area contributed by atoms with Gasteiger partial charge >= 0.3 is 0 Å². The second kappa shape index (κ2) is 9.26. The van der Waals surface area contributed by atoms with Crippen molar-refractivity contribution in [1.82, 2.24) is 19.6 Å². The minimum atomic E-state index is -0.865. The molecule has 2 aromatic heterocycles. The molecule has 0 spiro atoms. The molecule has 0 bridgehead atoms. The molecular weight excluding hydrogens is 534 g/mol. The molecule has 0 aliphatic carbocycles. The Morgan fingerprint density at radius 2 is 1.02 bits per heavy atom. The molecule has 3 aromatic carbocycles. The number of nitrogens with zero attached hydrogens (tertiary/aromatic N) is 5. The van der Waals surface area contributed by atoms with Gasteiger partial charge in [0.15, 0.2) is 5.82 Å². The number of fused-ring (bicyclic) bond motifs is 3. The summed E-state index contributed by atoms with van der Waals surface area (Å²) in [7, 11) is 1.60. The minimum Gasteiger partial charge on any atom is -0.314 e. The van der Waals surface area contributed by atoms with E-state index in [1.807, 2.05) is 0 Å². The lowest BCUT2D eigenvalue weighted by atomic mass is 10.1. The average molecular weight is 550 g/mol. The Morgan fingerprint density at radius 1 is 0.600 bits per heavy atom. The van der Waals surface area contributed by atoms with Crippen LogP contribution in [0.4, 0.5) is 32.2 Å². The molecule has 1 aliphatic heterocycles. The van der Waals surface area contributed by atoms with Crippen LogP contribution in [0.25, 0.3) is 34.2 Å². The van der Waals surface area contributed by atoms with Crippen LogP contribution in [0.2, 0.25) is 0 Å². The number of halogens is 6. The van der Waals surface area contributed by atoms with Gasteiger partial charge in [0.25, 0.3) is 0 Å². The molecule has 0 saturated heterocycles. The Hall–Kier alpha value is -5.13. The van der Waals surface area contributed by atoms with Crippen molar-refractivity contribution in [1.29, 1.82) is 5.41 Å². The van der Waals surface area contributed by atoms with Gasteiger partial charge in [-0.25, -0.2) is 26.3 Å². The number of hydrogen-bond donors (Lipinski definition) is 1. The molecule has 40 heavy (non-hydrogen) atoms. The van der Waals surface area contributed by atoms with Crippen LogP contribution in [0.5, 0.6) is 0 Å². The van der Waals surface area contributed by atoms with E-state index in [0.29, 0.717) is 18.0 Å². The van der Waals surface area contributed by atoms with E-state index in [0.717, 1.165) is 42.5 Å². The van der Waals surface area contributed by atoms with E-state index in [9.17, 15) is 26.3 Å². The molecule has 5 aromatic rings. The van der Waals surface area contributed by atoms with Gasteiger partial charge in [0.05, 0.1) is 17.1 Å². The highest BCUT2D eigenvalue weighted by Gasteiger charge is 2.29. The Kier molecular flexibility index (Phi) is 5.82. The highest BCUT2D eigenvalue weighted by atomic mass is 19.2. The molecule has 1 N–H and O–H groups in total. The first-order valence-corrected chi connectivity index (χ1v) is 11.7. The van der Waals surface area contributed by atoms with Crippen molar-refractivity contribution >= 4 is 17.4 Å². The van der Waals surface area contributed by atoms with E-state index >= 15 is 0 Å². The zero-order valence-corrected chi connectivity index (χ0v) is 20.4. The van der Waals surface area contributed by atoms with Crippen molar-refractivity contribution in [2.24, 2.45) is 0 Å². The summed E-state index contributed by atoms with van der Waals surface area (Å²) in [5.41, 5.74) is 0.312. The lowest BCUT2D eigenvalue weighted by molar-refractivity contribution is 0.582. The van der Waals surface area contributed by atoms with Gasteiger partial charge in [-0.2, -0.15) is 19.6 Å². The molecule has 0 fully saturated rings. The molecule has 200 valence electrons. The van der Waals surface area contributed by atoms with Gasteiger partial charge in [0, 0.05) is 60.1 Å². The van der Waals surface area contributed by atoms with Crippen LogP contribution >= 0.6 is 0 Å². The number of aromatic nitrogens is 4. The van der Waals surface area contributed by atoms with Crippen LogP contribution in [0, 0.1) is 40.3 Å². The normalized spacial score (nSPS) is 13.5. The van der Waals surface area contributed by atoms with Crippen molar-refractivity contribution in [3.05, 3.63) is 113 Å². The summed E-state index contributed by atoms with van der Waals surface area (Å²) in [6.07, 6.45) is 1.30. The summed E-state index contributed by atoms with van der Waals surface area (Å²) in [6, 6.07) is 11.6. The first-order chi connectivity index (χ1) is 19.0. The summed E-state index contributed by atoms with van der Waals surface area (Å²) in [5.74, 6) is -4.10. The third kappa shape index (κ3) is 4.42. The molecule has 6 rings (SSSR count). The van der Waals surface area contributed by atoms with Crippen LogP contribution < -0.4 is 4.90 Å². The average Bonchev–Trinajstić information content (AvgIpc) is 3.50. The molecule has 1 aliphatic rings. The molecule has 12 heteroatoms. The van der Waals surface area contributed by atoms with Gasteiger partial charge in [0.2, 0.25) is 0 Å². The van der Waals surface area contributed by atoms with Crippen LogP contribution in [0.15, 0.2) is 72.8 Å². The van der Waals surface area contributed by atoms with E-state index in [2.05, 4.69) is 10.2 Å². The zero-order chi connectivity index (χ0) is 28.3. The van der Waals surface area contributed by atoms with Gasteiger partial charge < -0.3 is 10.3 Å². The van der Waals surface area contributed by atoms with Crippen LogP contribution in [0.1, 0.15) is 5.56 Å². The Morgan fingerprint density at radius 3 is 1.52 bits per heavy atom. The highest BCUT2D eigenvalue weighted by molar-refractivity contribution is 6.10. The van der Waals surface area contributed by atoms with E-state index in [-0.39, 0.29) is 45.4 Å². The fourth-order valence-corrected chi connectivity index (χ4v) is 4.49. The molecule has 0 saturated carbocycles. The standard InChI is InChI=1S/C28H16F6N6/c1-38-26(11-23(35)14-2-17(29)8-18(30)3-14)39-28(13-25(37-39)16-6-21(33)10-22(34)7-16)40-27(38)12-24(36-40)15-4-19(31)9-20(32)5-15/h2-13,35H,1H3/b26-11+,35-23?. The first-order valence-electron chi connectivity index (χ1n) is 11.7. The third-order valence-electron chi connectivity index (χ3n) is 6.27. The summed E-state index contributed by atoms with van der Waals surface area (Å²) < 4.78 is 86.3. The first kappa shape index (κ1) is 25.2. The molecule has 6 nitrogen and oxygen atoms in total. The molecule has 0 atom stereocenters. The van der Waals surface area contributed by atoms with Crippen molar-refractivity contribution in [3.8, 4) is 28.3 Å². The number of rotatable bonds is 4. The monoisotopic (exact) mass is 550 g/mol. The third-order valence-corrected chi connectivity index (χ3v) is 6.27. The number of hydrogen-bond acceptors (Lipinski definition) is 4. The molecule has 0 unspecified atom stereocenters. The molecule has 0 amide bonds. The quantitative estimate of drug-likeness (QED) is 0.204. The number of allylic oxidation sites excluding steroid dienone is 1. The largest absolute Gasteiger partial charge is 0.314 e. The second-order valence-electron chi connectivity index (χ2n) is 9.05. The second-order valence-corrected chi connectivity index (χ2v) is 9.05. The molecule has 3 heterocycles. The fraction of sp³-hybridized carbons (Fsp3) is 0.0357. The van der Waals surface area contributed by atoms with E-state index in [1.54, 1.807) is 18.0 Å². The smallest absolute Gasteiger partial charge is 0.161 e. The lowest BCUT2D eigenvalue weighted by Gasteiger charge is -2.29. The summed E-state index contributed by atoms with van der Waals surface area (Å²) in [5, 5.41) is 17.5. The lowest BCUT2D eigenvalue weighted by Crippen LogP contribution is -2.30. The maximum Gasteiger partial charge on any atom is 0.161 e. The van der Waals surface area contributed by atoms with Crippen LogP contribution in [-0.4, -0.2) is 32.3 Å². The van der Waals surface area contributed by atoms with Crippen molar-refractivity contribution in [2.75, 3.05) is 11.9 Å². The number of anilines is 1. The van der Waals surface area contributed by atoms with Gasteiger partial charge in [-0.15, -0.1) is 0 Å². The summed E-state index contributed by atoms with van der Waals surface area (Å²) >= 11 is 0. The van der Waals surface area contributed by atoms with Crippen LogP contribution in [-0.2, 0) is 0 Å². The maximum absolute atomic E-state index is 14.0. The summed E-state index contributed by atoms with van der Waals surface area (Å²) in [4.78, 5) is 1.55. The van der Waals surface area contributed by atoms with Gasteiger partial charge in [-0.05, 0) is 36.4 Å². The predicted molar refractivity (Wildman–Crippen MR) is 136 cm³/mol. The zero-order valence-electron chi connectivity index (χ0n) is 20.4. The highest BCUT2D eigenvalue weighted by Crippen LogP contribution is 2.37. The molecule has 0 radical (unpaired) electrons. The Labute approximate surface area is 222 Å². The van der Waals surface area contributed by atoms with E-state index < -0.39 is 34.9 Å². The van der Waals surface area contributed by atoms with Crippen LogP contribution in [0.3, 0.4) is 0 Å². The van der Waals surface area contributed by atoms with Crippen molar-refractivity contribution in [2.45, 2.75) is 0 Å². The number of benzene rings is 3. The number of nitrogens with one attached hydrogen (secondary N) is 1.